The topological polar surface area (TPSA) is 122 Å². The van der Waals surface area contributed by atoms with Crippen molar-refractivity contribution in [3.63, 3.8) is 0 Å². The second kappa shape index (κ2) is 11.6. The van der Waals surface area contributed by atoms with Gasteiger partial charge in [0, 0.05) is 31.7 Å². The zero-order chi connectivity index (χ0) is 26.5. The van der Waals surface area contributed by atoms with Crippen molar-refractivity contribution in [1.29, 1.82) is 0 Å². The Balaban J connectivity index is 1.69. The SMILES string of the molecule is COc1ccc(NC(=O)CCCN(c2cc(C)cc(C)c2)S(C)(=O)=O)cc1S(=O)(=O)N1CCOCC1. The van der Waals surface area contributed by atoms with Crippen molar-refractivity contribution in [2.45, 2.75) is 31.6 Å². The molecule has 1 saturated heterocycles. The Bertz CT molecular complexity index is 1280. The van der Waals surface area contributed by atoms with Crippen molar-refractivity contribution in [2.24, 2.45) is 0 Å². The molecule has 0 atom stereocenters. The summed E-state index contributed by atoms with van der Waals surface area (Å²) in [5, 5.41) is 2.71. The molecule has 0 bridgehead atoms. The van der Waals surface area contributed by atoms with Gasteiger partial charge in [0.2, 0.25) is 26.0 Å². The van der Waals surface area contributed by atoms with Gasteiger partial charge in [-0.3, -0.25) is 9.10 Å². The quantitative estimate of drug-likeness (QED) is 0.492. The highest BCUT2D eigenvalue weighted by Gasteiger charge is 2.29. The van der Waals surface area contributed by atoms with Gasteiger partial charge in [-0.15, -0.1) is 0 Å². The van der Waals surface area contributed by atoms with Crippen LogP contribution in [0.15, 0.2) is 41.3 Å². The van der Waals surface area contributed by atoms with E-state index in [4.69, 9.17) is 9.47 Å². The minimum atomic E-state index is -3.84. The van der Waals surface area contributed by atoms with Gasteiger partial charge in [0.15, 0.2) is 0 Å². The zero-order valence-electron chi connectivity index (χ0n) is 21.0. The van der Waals surface area contributed by atoms with Crippen LogP contribution in [0, 0.1) is 13.8 Å². The molecule has 12 heteroatoms. The molecule has 3 rings (SSSR count). The summed E-state index contributed by atoms with van der Waals surface area (Å²) in [6.07, 6.45) is 1.47. The molecule has 0 spiro atoms. The number of nitrogens with zero attached hydrogens (tertiary/aromatic N) is 2. The van der Waals surface area contributed by atoms with Crippen molar-refractivity contribution >= 4 is 37.3 Å². The Morgan fingerprint density at radius 3 is 2.28 bits per heavy atom. The monoisotopic (exact) mass is 539 g/mol. The van der Waals surface area contributed by atoms with E-state index in [2.05, 4.69) is 5.32 Å². The molecule has 1 N–H and O–H groups in total. The van der Waals surface area contributed by atoms with Crippen LogP contribution >= 0.6 is 0 Å². The summed E-state index contributed by atoms with van der Waals surface area (Å²) in [6, 6.07) is 9.98. The molecule has 0 unspecified atom stereocenters. The second-order valence-corrected chi connectivity index (χ2v) is 12.5. The van der Waals surface area contributed by atoms with Gasteiger partial charge in [-0.25, -0.2) is 16.8 Å². The molecule has 2 aromatic rings. The Labute approximate surface area is 213 Å². The van der Waals surface area contributed by atoms with Crippen LogP contribution in [0.5, 0.6) is 5.75 Å². The van der Waals surface area contributed by atoms with Crippen LogP contribution < -0.4 is 14.4 Å². The lowest BCUT2D eigenvalue weighted by Gasteiger charge is -2.26. The molecule has 1 heterocycles. The van der Waals surface area contributed by atoms with Crippen LogP contribution in [-0.2, 0) is 29.6 Å². The number of methoxy groups -OCH3 is 1. The number of morpholine rings is 1. The third kappa shape index (κ3) is 6.96. The first kappa shape index (κ1) is 27.9. The first-order valence-corrected chi connectivity index (χ1v) is 14.8. The van der Waals surface area contributed by atoms with Crippen molar-refractivity contribution in [1.82, 2.24) is 4.31 Å². The van der Waals surface area contributed by atoms with Crippen molar-refractivity contribution in [2.75, 3.05) is 55.8 Å². The Hall–Kier alpha value is -2.67. The number of anilines is 2. The van der Waals surface area contributed by atoms with Gasteiger partial charge in [0.05, 0.1) is 32.3 Å². The maximum Gasteiger partial charge on any atom is 0.246 e. The molecule has 1 fully saturated rings. The van der Waals surface area contributed by atoms with E-state index in [0.717, 1.165) is 17.4 Å². The van der Waals surface area contributed by atoms with Crippen LogP contribution in [0.3, 0.4) is 0 Å². The number of sulfonamides is 2. The van der Waals surface area contributed by atoms with E-state index in [1.165, 1.54) is 27.9 Å². The van der Waals surface area contributed by atoms with E-state index in [1.807, 2.05) is 19.9 Å². The summed E-state index contributed by atoms with van der Waals surface area (Å²) in [5.41, 5.74) is 2.75. The smallest absolute Gasteiger partial charge is 0.246 e. The third-order valence-corrected chi connectivity index (χ3v) is 8.81. The van der Waals surface area contributed by atoms with Gasteiger partial charge in [0.25, 0.3) is 0 Å². The maximum absolute atomic E-state index is 13.1. The van der Waals surface area contributed by atoms with Crippen LogP contribution in [0.2, 0.25) is 0 Å². The third-order valence-electron chi connectivity index (χ3n) is 5.70. The zero-order valence-corrected chi connectivity index (χ0v) is 22.6. The second-order valence-electron chi connectivity index (χ2n) is 8.71. The van der Waals surface area contributed by atoms with Gasteiger partial charge >= 0.3 is 0 Å². The number of amides is 1. The van der Waals surface area contributed by atoms with Gasteiger partial charge in [0.1, 0.15) is 10.6 Å². The standard InChI is InChI=1S/C24H33N3O7S2/c1-18-14-19(2)16-21(15-18)27(35(4,29)30)9-5-6-24(28)25-20-7-8-22(33-3)23(17-20)36(31,32)26-10-12-34-13-11-26/h7-8,14-17H,5-6,9-13H2,1-4H3,(H,25,28). The van der Waals surface area contributed by atoms with E-state index in [0.29, 0.717) is 24.6 Å². The average Bonchev–Trinajstić information content (AvgIpc) is 2.81. The molecule has 0 aromatic heterocycles. The predicted molar refractivity (Wildman–Crippen MR) is 139 cm³/mol. The van der Waals surface area contributed by atoms with Crippen LogP contribution in [-0.4, -0.2) is 73.3 Å². The summed E-state index contributed by atoms with van der Waals surface area (Å²) in [4.78, 5) is 12.6. The van der Waals surface area contributed by atoms with Crippen molar-refractivity contribution in [3.8, 4) is 5.75 Å². The van der Waals surface area contributed by atoms with E-state index in [9.17, 15) is 21.6 Å². The van der Waals surface area contributed by atoms with Crippen LogP contribution in [0.1, 0.15) is 24.0 Å². The molecule has 0 aliphatic carbocycles. The number of hydrogen-bond donors (Lipinski definition) is 1. The van der Waals surface area contributed by atoms with Gasteiger partial charge in [-0.1, -0.05) is 6.07 Å². The molecule has 10 nitrogen and oxygen atoms in total. The number of carbonyl (C=O) groups is 1. The number of carbonyl (C=O) groups excluding carboxylic acids is 1. The molecular formula is C24H33N3O7S2. The largest absolute Gasteiger partial charge is 0.495 e. The van der Waals surface area contributed by atoms with Crippen molar-refractivity contribution in [3.05, 3.63) is 47.5 Å². The predicted octanol–water partition coefficient (Wildman–Crippen LogP) is 2.52. The fraction of sp³-hybridized carbons (Fsp3) is 0.458. The first-order chi connectivity index (χ1) is 16.9. The number of hydrogen-bond acceptors (Lipinski definition) is 7. The molecule has 198 valence electrons. The normalized spacial score (nSPS) is 14.9. The highest BCUT2D eigenvalue weighted by atomic mass is 32.2. The summed E-state index contributed by atoms with van der Waals surface area (Å²) in [6.45, 7) is 5.02. The summed E-state index contributed by atoms with van der Waals surface area (Å²) < 4.78 is 64.2. The highest BCUT2D eigenvalue weighted by Crippen LogP contribution is 2.30. The fourth-order valence-electron chi connectivity index (χ4n) is 4.07. The lowest BCUT2D eigenvalue weighted by molar-refractivity contribution is -0.116. The summed E-state index contributed by atoms with van der Waals surface area (Å²) >= 11 is 0. The lowest BCUT2D eigenvalue weighted by Crippen LogP contribution is -2.40. The Kier molecular flexibility index (Phi) is 8.98. The summed E-state index contributed by atoms with van der Waals surface area (Å²) in [7, 11) is -6.00. The van der Waals surface area contributed by atoms with Gasteiger partial charge in [-0.05, 0) is 61.7 Å². The molecule has 1 aliphatic rings. The number of rotatable bonds is 10. The molecule has 1 aliphatic heterocycles. The molecule has 2 aromatic carbocycles. The first-order valence-electron chi connectivity index (χ1n) is 11.5. The molecule has 0 saturated carbocycles. The highest BCUT2D eigenvalue weighted by molar-refractivity contribution is 7.92. The van der Waals surface area contributed by atoms with Crippen LogP contribution in [0.4, 0.5) is 11.4 Å². The molecule has 1 amide bonds. The van der Waals surface area contributed by atoms with Crippen molar-refractivity contribution < 1.29 is 31.1 Å². The summed E-state index contributed by atoms with van der Waals surface area (Å²) in [5.74, 6) is -0.180. The molecule has 36 heavy (non-hydrogen) atoms. The van der Waals surface area contributed by atoms with E-state index in [-0.39, 0.29) is 49.0 Å². The van der Waals surface area contributed by atoms with Crippen LogP contribution in [0.25, 0.3) is 0 Å². The Morgan fingerprint density at radius 1 is 1.06 bits per heavy atom. The number of aryl methyl sites for hydroxylation is 2. The lowest BCUT2D eigenvalue weighted by atomic mass is 10.1. The Morgan fingerprint density at radius 2 is 1.69 bits per heavy atom. The molecular weight excluding hydrogens is 506 g/mol. The van der Waals surface area contributed by atoms with E-state index in [1.54, 1.807) is 18.2 Å². The number of benzene rings is 2. The average molecular weight is 540 g/mol. The van der Waals surface area contributed by atoms with Gasteiger partial charge in [-0.2, -0.15) is 4.31 Å². The maximum atomic E-state index is 13.1. The minimum absolute atomic E-state index is 0.0391. The number of ether oxygens (including phenoxy) is 2. The molecule has 0 radical (unpaired) electrons. The fourth-order valence-corrected chi connectivity index (χ4v) is 6.61. The van der Waals surface area contributed by atoms with E-state index >= 15 is 0 Å². The van der Waals surface area contributed by atoms with E-state index < -0.39 is 20.0 Å². The number of nitrogens with one attached hydrogen (secondary N) is 1. The minimum Gasteiger partial charge on any atom is -0.495 e. The van der Waals surface area contributed by atoms with Gasteiger partial charge < -0.3 is 14.8 Å².